The van der Waals surface area contributed by atoms with Crippen molar-refractivity contribution in [2.75, 3.05) is 5.32 Å². The van der Waals surface area contributed by atoms with Gasteiger partial charge in [-0.25, -0.2) is 0 Å². The lowest BCUT2D eigenvalue weighted by Crippen LogP contribution is -2.27. The molecule has 0 atom stereocenters. The average Bonchev–Trinajstić information content (AvgIpc) is 2.36. The van der Waals surface area contributed by atoms with Crippen molar-refractivity contribution in [2.24, 2.45) is 0 Å². The highest BCUT2D eigenvalue weighted by Gasteiger charge is 2.06. The Kier molecular flexibility index (Phi) is 4.03. The van der Waals surface area contributed by atoms with Gasteiger partial charge in [-0.05, 0) is 44.0 Å². The number of aromatic nitrogens is 1. The molecule has 0 aliphatic carbocycles. The number of carbonyl (C=O) groups is 1. The van der Waals surface area contributed by atoms with Gasteiger partial charge >= 0.3 is 0 Å². The van der Waals surface area contributed by atoms with E-state index in [0.717, 1.165) is 22.4 Å². The number of hydrogen-bond donors (Lipinski definition) is 1. The largest absolute Gasteiger partial charge is 0.324 e. The average molecular weight is 270 g/mol. The van der Waals surface area contributed by atoms with Gasteiger partial charge in [0, 0.05) is 18.0 Å². The first-order valence-corrected chi connectivity index (χ1v) is 6.50. The lowest BCUT2D eigenvalue weighted by atomic mass is 10.1. The smallest absolute Gasteiger partial charge is 0.251 e. The van der Waals surface area contributed by atoms with E-state index < -0.39 is 0 Å². The van der Waals surface area contributed by atoms with Crippen LogP contribution in [0.4, 0.5) is 5.69 Å². The van der Waals surface area contributed by atoms with Crippen LogP contribution in [0.1, 0.15) is 16.7 Å². The SMILES string of the molecule is Cc1ccc(NC(=O)Cn2ccc(C)cc2=O)c(C)c1. The highest BCUT2D eigenvalue weighted by molar-refractivity contribution is 5.91. The van der Waals surface area contributed by atoms with Gasteiger partial charge in [0.2, 0.25) is 5.91 Å². The van der Waals surface area contributed by atoms with E-state index in [-0.39, 0.29) is 18.0 Å². The number of aryl methyl sites for hydroxylation is 3. The number of rotatable bonds is 3. The van der Waals surface area contributed by atoms with Crippen LogP contribution in [0.15, 0.2) is 41.3 Å². The Morgan fingerprint density at radius 2 is 1.80 bits per heavy atom. The zero-order valence-corrected chi connectivity index (χ0v) is 11.9. The minimum Gasteiger partial charge on any atom is -0.324 e. The number of pyridine rings is 1. The first kappa shape index (κ1) is 14.1. The molecule has 1 aromatic carbocycles. The van der Waals surface area contributed by atoms with Crippen molar-refractivity contribution in [1.82, 2.24) is 4.57 Å². The summed E-state index contributed by atoms with van der Waals surface area (Å²) in [6, 6.07) is 9.16. The fourth-order valence-electron chi connectivity index (χ4n) is 2.04. The molecular formula is C16H18N2O2. The molecule has 0 bridgehead atoms. The lowest BCUT2D eigenvalue weighted by Gasteiger charge is -2.10. The highest BCUT2D eigenvalue weighted by Crippen LogP contribution is 2.15. The predicted molar refractivity (Wildman–Crippen MR) is 80.0 cm³/mol. The van der Waals surface area contributed by atoms with Gasteiger partial charge in [-0.15, -0.1) is 0 Å². The van der Waals surface area contributed by atoms with Gasteiger partial charge in [0.05, 0.1) is 0 Å². The minimum atomic E-state index is -0.206. The molecule has 1 amide bonds. The Morgan fingerprint density at radius 1 is 1.10 bits per heavy atom. The molecule has 2 rings (SSSR count). The van der Waals surface area contributed by atoms with Gasteiger partial charge in [-0.1, -0.05) is 17.7 Å². The monoisotopic (exact) mass is 270 g/mol. The van der Waals surface area contributed by atoms with E-state index in [1.54, 1.807) is 6.20 Å². The Balaban J connectivity index is 2.11. The van der Waals surface area contributed by atoms with Gasteiger partial charge in [-0.2, -0.15) is 0 Å². The Hall–Kier alpha value is -2.36. The van der Waals surface area contributed by atoms with Crippen molar-refractivity contribution in [3.8, 4) is 0 Å². The van der Waals surface area contributed by atoms with Crippen LogP contribution in [0.25, 0.3) is 0 Å². The van der Waals surface area contributed by atoms with Crippen LogP contribution in [0.5, 0.6) is 0 Å². The maximum atomic E-state index is 12.0. The molecule has 4 heteroatoms. The standard InChI is InChI=1S/C16H18N2O2/c1-11-4-5-14(13(3)8-11)17-15(19)10-18-7-6-12(2)9-16(18)20/h4-9H,10H2,1-3H3,(H,17,19). The number of carbonyl (C=O) groups excluding carboxylic acids is 1. The number of nitrogens with zero attached hydrogens (tertiary/aromatic N) is 1. The normalized spacial score (nSPS) is 10.3. The van der Waals surface area contributed by atoms with E-state index in [4.69, 9.17) is 0 Å². The molecule has 0 unspecified atom stereocenters. The van der Waals surface area contributed by atoms with Crippen LogP contribution in [0, 0.1) is 20.8 Å². The Labute approximate surface area is 118 Å². The number of benzene rings is 1. The summed E-state index contributed by atoms with van der Waals surface area (Å²) in [7, 11) is 0. The third-order valence-corrected chi connectivity index (χ3v) is 3.12. The molecule has 0 aliphatic heterocycles. The first-order valence-electron chi connectivity index (χ1n) is 6.50. The zero-order valence-electron chi connectivity index (χ0n) is 11.9. The van der Waals surface area contributed by atoms with Gasteiger partial charge in [0.1, 0.15) is 6.54 Å². The topological polar surface area (TPSA) is 51.1 Å². The maximum Gasteiger partial charge on any atom is 0.251 e. The summed E-state index contributed by atoms with van der Waals surface area (Å²) in [5.74, 6) is -0.206. The van der Waals surface area contributed by atoms with Crippen LogP contribution in [-0.2, 0) is 11.3 Å². The highest BCUT2D eigenvalue weighted by atomic mass is 16.2. The minimum absolute atomic E-state index is 0.0203. The number of anilines is 1. The fourth-order valence-corrected chi connectivity index (χ4v) is 2.04. The number of nitrogens with one attached hydrogen (secondary N) is 1. The van der Waals surface area contributed by atoms with Gasteiger partial charge in [-0.3, -0.25) is 9.59 Å². The summed E-state index contributed by atoms with van der Waals surface area (Å²) in [6.07, 6.45) is 1.64. The molecule has 1 N–H and O–H groups in total. The van der Waals surface area contributed by atoms with E-state index in [1.165, 1.54) is 10.6 Å². The van der Waals surface area contributed by atoms with Crippen LogP contribution in [0.3, 0.4) is 0 Å². The first-order chi connectivity index (χ1) is 9.45. The molecular weight excluding hydrogens is 252 g/mol. The maximum absolute atomic E-state index is 12.0. The quantitative estimate of drug-likeness (QED) is 0.931. The fraction of sp³-hybridized carbons (Fsp3) is 0.250. The third kappa shape index (κ3) is 3.35. The second-order valence-corrected chi connectivity index (χ2v) is 5.04. The molecule has 0 saturated heterocycles. The second kappa shape index (κ2) is 5.74. The lowest BCUT2D eigenvalue weighted by molar-refractivity contribution is -0.116. The molecule has 2 aromatic rings. The van der Waals surface area contributed by atoms with Crippen molar-refractivity contribution in [1.29, 1.82) is 0 Å². The van der Waals surface area contributed by atoms with Crippen molar-refractivity contribution in [3.63, 3.8) is 0 Å². The molecule has 0 spiro atoms. The molecule has 4 nitrogen and oxygen atoms in total. The summed E-state index contributed by atoms with van der Waals surface area (Å²) in [4.78, 5) is 23.7. The number of amides is 1. The molecule has 1 heterocycles. The second-order valence-electron chi connectivity index (χ2n) is 5.04. The Morgan fingerprint density at radius 3 is 2.45 bits per heavy atom. The van der Waals surface area contributed by atoms with E-state index >= 15 is 0 Å². The third-order valence-electron chi connectivity index (χ3n) is 3.12. The van der Waals surface area contributed by atoms with E-state index in [0.29, 0.717) is 0 Å². The molecule has 0 radical (unpaired) electrons. The molecule has 1 aromatic heterocycles. The molecule has 20 heavy (non-hydrogen) atoms. The summed E-state index contributed by atoms with van der Waals surface area (Å²) >= 11 is 0. The molecule has 0 fully saturated rings. The van der Waals surface area contributed by atoms with Crippen LogP contribution >= 0.6 is 0 Å². The summed E-state index contributed by atoms with van der Waals surface area (Å²) < 4.78 is 1.39. The van der Waals surface area contributed by atoms with Gasteiger partial charge < -0.3 is 9.88 Å². The van der Waals surface area contributed by atoms with E-state index in [9.17, 15) is 9.59 Å². The van der Waals surface area contributed by atoms with Crippen LogP contribution in [0.2, 0.25) is 0 Å². The van der Waals surface area contributed by atoms with E-state index in [2.05, 4.69) is 5.32 Å². The van der Waals surface area contributed by atoms with Crippen molar-refractivity contribution in [2.45, 2.75) is 27.3 Å². The van der Waals surface area contributed by atoms with Gasteiger partial charge in [0.15, 0.2) is 0 Å². The van der Waals surface area contributed by atoms with E-state index in [1.807, 2.05) is 45.0 Å². The van der Waals surface area contributed by atoms with Crippen LogP contribution in [-0.4, -0.2) is 10.5 Å². The predicted octanol–water partition coefficient (Wildman–Crippen LogP) is 2.41. The number of hydrogen-bond acceptors (Lipinski definition) is 2. The summed E-state index contributed by atoms with van der Waals surface area (Å²) in [6.45, 7) is 5.82. The summed E-state index contributed by atoms with van der Waals surface area (Å²) in [5.41, 5.74) is 3.66. The van der Waals surface area contributed by atoms with Gasteiger partial charge in [0.25, 0.3) is 5.56 Å². The molecule has 0 saturated carbocycles. The van der Waals surface area contributed by atoms with Crippen molar-refractivity contribution >= 4 is 11.6 Å². The van der Waals surface area contributed by atoms with Crippen molar-refractivity contribution < 1.29 is 4.79 Å². The molecule has 104 valence electrons. The van der Waals surface area contributed by atoms with Crippen molar-refractivity contribution in [3.05, 3.63) is 63.6 Å². The molecule has 0 aliphatic rings. The zero-order chi connectivity index (χ0) is 14.7. The Bertz CT molecular complexity index is 702. The van der Waals surface area contributed by atoms with Crippen LogP contribution < -0.4 is 10.9 Å². The summed E-state index contributed by atoms with van der Waals surface area (Å²) in [5, 5.41) is 2.83.